The molecule has 10 heteroatoms. The molecule has 0 amide bonds. The van der Waals surface area contributed by atoms with E-state index in [1.54, 1.807) is 31.3 Å². The number of ether oxygens (including phenoxy) is 1. The average molecular weight is 452 g/mol. The number of halogens is 1. The fraction of sp³-hybridized carbons (Fsp3) is 0.435. The zero-order valence-corrected chi connectivity index (χ0v) is 18.4. The number of rotatable bonds is 4. The molecule has 0 saturated carbocycles. The van der Waals surface area contributed by atoms with Crippen molar-refractivity contribution in [1.29, 1.82) is 0 Å². The van der Waals surface area contributed by atoms with E-state index < -0.39 is 18.0 Å². The molecular weight excluding hydrogens is 427 g/mol. The van der Waals surface area contributed by atoms with E-state index in [4.69, 9.17) is 4.74 Å². The molecule has 4 atom stereocenters. The number of piperidine rings is 2. The Labute approximate surface area is 189 Å². The molecule has 2 aliphatic heterocycles. The summed E-state index contributed by atoms with van der Waals surface area (Å²) in [6, 6.07) is 7.92. The summed E-state index contributed by atoms with van der Waals surface area (Å²) in [6.45, 7) is 2.11. The Bertz CT molecular complexity index is 1230. The van der Waals surface area contributed by atoms with E-state index in [0.29, 0.717) is 23.2 Å². The van der Waals surface area contributed by atoms with Crippen molar-refractivity contribution < 1.29 is 14.2 Å². The summed E-state index contributed by atoms with van der Waals surface area (Å²) in [5, 5.41) is 22.2. The van der Waals surface area contributed by atoms with Crippen LogP contribution >= 0.6 is 0 Å². The second kappa shape index (κ2) is 8.18. The third-order valence-electron chi connectivity index (χ3n) is 6.47. The van der Waals surface area contributed by atoms with Gasteiger partial charge in [0, 0.05) is 42.2 Å². The normalized spacial score (nSPS) is 26.7. The molecule has 1 unspecified atom stereocenters. The van der Waals surface area contributed by atoms with E-state index in [1.165, 1.54) is 17.0 Å². The Morgan fingerprint density at radius 2 is 2.12 bits per heavy atom. The Morgan fingerprint density at radius 1 is 1.27 bits per heavy atom. The Balaban J connectivity index is 1.33. The van der Waals surface area contributed by atoms with Crippen LogP contribution in [0.25, 0.3) is 22.6 Å². The van der Waals surface area contributed by atoms with Gasteiger partial charge in [-0.1, -0.05) is 6.07 Å². The largest absolute Gasteiger partial charge is 0.507 e. The lowest BCUT2D eigenvalue weighted by Gasteiger charge is -2.48. The van der Waals surface area contributed by atoms with Crippen LogP contribution in [0.5, 0.6) is 11.6 Å². The van der Waals surface area contributed by atoms with Crippen molar-refractivity contribution in [1.82, 2.24) is 30.0 Å². The van der Waals surface area contributed by atoms with E-state index in [1.807, 2.05) is 0 Å². The van der Waals surface area contributed by atoms with Gasteiger partial charge < -0.3 is 15.2 Å². The maximum absolute atomic E-state index is 14.9. The first-order valence-corrected chi connectivity index (χ1v) is 11.0. The second-order valence-corrected chi connectivity index (χ2v) is 9.07. The fourth-order valence-electron chi connectivity index (χ4n) is 4.72. The first-order chi connectivity index (χ1) is 15.8. The molecule has 5 rings (SSSR count). The summed E-state index contributed by atoms with van der Waals surface area (Å²) in [5.41, 5.74) is 0.827. The van der Waals surface area contributed by atoms with Crippen LogP contribution in [0.4, 0.5) is 4.39 Å². The van der Waals surface area contributed by atoms with Crippen LogP contribution in [0.3, 0.4) is 0 Å². The van der Waals surface area contributed by atoms with Gasteiger partial charge in [0.05, 0.1) is 5.69 Å². The predicted molar refractivity (Wildman–Crippen MR) is 119 cm³/mol. The molecule has 33 heavy (non-hydrogen) atoms. The highest BCUT2D eigenvalue weighted by Gasteiger charge is 2.47. The van der Waals surface area contributed by atoms with Crippen LogP contribution in [-0.4, -0.2) is 53.7 Å². The van der Waals surface area contributed by atoms with Crippen LogP contribution in [0.15, 0.2) is 41.5 Å². The van der Waals surface area contributed by atoms with E-state index in [9.17, 15) is 14.3 Å². The number of alkyl halides is 1. The van der Waals surface area contributed by atoms with Gasteiger partial charge in [0.2, 0.25) is 5.88 Å². The molecule has 0 radical (unpaired) electrons. The van der Waals surface area contributed by atoms with Gasteiger partial charge in [-0.15, -0.1) is 10.2 Å². The first-order valence-electron chi connectivity index (χ1n) is 11.0. The number of hydrogen-bond donors (Lipinski definition) is 2. The molecule has 4 heterocycles. The SMILES string of the molecule is Cn1cnc(-c2ccc(-c3ccc(O[C@@H]4C[C@@]5(C)CCCC(N5)[C@@H]4F)nn3)c(O)c2)nc1=O. The number of phenols is 1. The minimum atomic E-state index is -1.10. The number of phenolic OH excluding ortho intramolecular Hbond substituents is 1. The second-order valence-electron chi connectivity index (χ2n) is 9.07. The van der Waals surface area contributed by atoms with E-state index in [0.717, 1.165) is 19.3 Å². The molecular formula is C23H25FN6O3. The quantitative estimate of drug-likeness (QED) is 0.620. The number of aryl methyl sites for hydroxylation is 1. The average Bonchev–Trinajstić information content (AvgIpc) is 2.80. The van der Waals surface area contributed by atoms with E-state index in [2.05, 4.69) is 32.4 Å². The van der Waals surface area contributed by atoms with E-state index >= 15 is 0 Å². The van der Waals surface area contributed by atoms with Crippen LogP contribution in [0.2, 0.25) is 0 Å². The summed E-state index contributed by atoms with van der Waals surface area (Å²) >= 11 is 0. The maximum atomic E-state index is 14.9. The molecule has 2 aliphatic rings. The lowest BCUT2D eigenvalue weighted by molar-refractivity contribution is -0.0221. The number of nitrogens with zero attached hydrogens (tertiary/aromatic N) is 5. The smallest absolute Gasteiger partial charge is 0.350 e. The Morgan fingerprint density at radius 3 is 2.85 bits per heavy atom. The number of aromatic nitrogens is 5. The van der Waals surface area contributed by atoms with Gasteiger partial charge in [0.1, 0.15) is 18.2 Å². The van der Waals surface area contributed by atoms with Gasteiger partial charge >= 0.3 is 5.69 Å². The highest BCUT2D eigenvalue weighted by Crippen LogP contribution is 2.37. The van der Waals surface area contributed by atoms with Crippen molar-refractivity contribution in [3.8, 4) is 34.3 Å². The molecule has 0 spiro atoms. The molecule has 0 aliphatic carbocycles. The third kappa shape index (κ3) is 4.18. The number of fused-ring (bicyclic) bond motifs is 2. The van der Waals surface area contributed by atoms with Gasteiger partial charge in [-0.05, 0) is 44.4 Å². The molecule has 2 saturated heterocycles. The highest BCUT2D eigenvalue weighted by atomic mass is 19.1. The van der Waals surface area contributed by atoms with Gasteiger partial charge in [-0.25, -0.2) is 14.2 Å². The van der Waals surface area contributed by atoms with Crippen molar-refractivity contribution in [2.24, 2.45) is 7.05 Å². The van der Waals surface area contributed by atoms with Crippen molar-refractivity contribution in [3.05, 3.63) is 47.1 Å². The van der Waals surface area contributed by atoms with Crippen molar-refractivity contribution in [2.45, 2.75) is 56.5 Å². The number of benzene rings is 1. The molecule has 1 aromatic carbocycles. The molecule has 3 aromatic rings. The Kier molecular flexibility index (Phi) is 5.32. The lowest BCUT2D eigenvalue weighted by atomic mass is 9.75. The highest BCUT2D eigenvalue weighted by molar-refractivity contribution is 5.71. The van der Waals surface area contributed by atoms with Crippen LogP contribution in [0, 0.1) is 0 Å². The summed E-state index contributed by atoms with van der Waals surface area (Å²) < 4.78 is 22.0. The minimum Gasteiger partial charge on any atom is -0.507 e. The molecule has 2 fully saturated rings. The zero-order valence-electron chi connectivity index (χ0n) is 18.4. The zero-order chi connectivity index (χ0) is 23.2. The predicted octanol–water partition coefficient (Wildman–Crippen LogP) is 2.39. The monoisotopic (exact) mass is 452 g/mol. The van der Waals surface area contributed by atoms with Crippen molar-refractivity contribution in [2.75, 3.05) is 0 Å². The van der Waals surface area contributed by atoms with Crippen molar-refractivity contribution >= 4 is 0 Å². The third-order valence-corrected chi connectivity index (χ3v) is 6.47. The topological polar surface area (TPSA) is 115 Å². The van der Waals surface area contributed by atoms with Gasteiger partial charge in [0.25, 0.3) is 0 Å². The summed E-state index contributed by atoms with van der Waals surface area (Å²) in [7, 11) is 1.56. The molecule has 2 aromatic heterocycles. The summed E-state index contributed by atoms with van der Waals surface area (Å²) in [5.74, 6) is 0.415. The number of hydrogen-bond acceptors (Lipinski definition) is 8. The van der Waals surface area contributed by atoms with Crippen LogP contribution in [-0.2, 0) is 7.05 Å². The lowest BCUT2D eigenvalue weighted by Crippen LogP contribution is -2.64. The molecule has 2 N–H and O–H groups in total. The fourth-order valence-corrected chi connectivity index (χ4v) is 4.72. The van der Waals surface area contributed by atoms with E-state index in [-0.39, 0.29) is 29.0 Å². The standard InChI is InChI=1S/C23H25FN6O3/c1-23-9-3-4-16(27-23)20(24)18(11-23)33-19-8-7-15(28-29-19)14-6-5-13(10-17(14)31)21-25-12-30(2)22(32)26-21/h5-8,10,12,16,18,20,27,31H,3-4,9,11H2,1-2H3/t16?,18-,20+,23-/m1/s1. The van der Waals surface area contributed by atoms with Gasteiger partial charge in [-0.2, -0.15) is 4.98 Å². The van der Waals surface area contributed by atoms with Gasteiger partial charge in [0.15, 0.2) is 12.0 Å². The Hall–Kier alpha value is -3.40. The molecule has 172 valence electrons. The number of aromatic hydroxyl groups is 1. The molecule has 2 bridgehead atoms. The van der Waals surface area contributed by atoms with Crippen LogP contribution < -0.4 is 15.7 Å². The summed E-state index contributed by atoms with van der Waals surface area (Å²) in [6.07, 6.45) is 3.09. The van der Waals surface area contributed by atoms with Crippen LogP contribution in [0.1, 0.15) is 32.6 Å². The maximum Gasteiger partial charge on any atom is 0.350 e. The first kappa shape index (κ1) is 21.4. The number of nitrogens with one attached hydrogen (secondary N) is 1. The minimum absolute atomic E-state index is 0.0531. The molecule has 9 nitrogen and oxygen atoms in total. The van der Waals surface area contributed by atoms with Gasteiger partial charge in [-0.3, -0.25) is 4.57 Å². The summed E-state index contributed by atoms with van der Waals surface area (Å²) in [4.78, 5) is 19.8. The van der Waals surface area contributed by atoms with Crippen molar-refractivity contribution in [3.63, 3.8) is 0 Å².